The molecule has 1 saturated heterocycles. The van der Waals surface area contributed by atoms with E-state index in [0.29, 0.717) is 14.5 Å². The van der Waals surface area contributed by atoms with Gasteiger partial charge in [-0.1, -0.05) is 50.1 Å². The van der Waals surface area contributed by atoms with Gasteiger partial charge in [-0.25, -0.2) is 9.18 Å². The number of imide groups is 1. The molecule has 27 heavy (non-hydrogen) atoms. The number of amides is 4. The molecule has 1 unspecified atom stereocenters. The van der Waals surface area contributed by atoms with E-state index >= 15 is 0 Å². The Morgan fingerprint density at radius 3 is 2.59 bits per heavy atom. The lowest BCUT2D eigenvalue weighted by Gasteiger charge is -2.23. The molecule has 0 bridgehead atoms. The molecule has 9 heteroatoms. The van der Waals surface area contributed by atoms with Crippen molar-refractivity contribution in [1.82, 2.24) is 10.2 Å². The van der Waals surface area contributed by atoms with Crippen LogP contribution in [0.25, 0.3) is 0 Å². The van der Waals surface area contributed by atoms with Crippen molar-refractivity contribution < 1.29 is 18.8 Å². The number of hydrogen-bond donors (Lipinski definition) is 2. The zero-order valence-electron chi connectivity index (χ0n) is 14.1. The van der Waals surface area contributed by atoms with E-state index in [9.17, 15) is 18.8 Å². The molecular formula is C18H14Br2FN3O3. The molecule has 1 aliphatic heterocycles. The minimum atomic E-state index is -1.31. The van der Waals surface area contributed by atoms with Crippen molar-refractivity contribution in [3.05, 3.63) is 62.8 Å². The highest BCUT2D eigenvalue weighted by atomic mass is 79.9. The predicted octanol–water partition coefficient (Wildman–Crippen LogP) is 3.76. The number of nitrogens with one attached hydrogen (secondary N) is 2. The van der Waals surface area contributed by atoms with Gasteiger partial charge in [0.25, 0.3) is 5.91 Å². The van der Waals surface area contributed by atoms with Gasteiger partial charge in [0.05, 0.1) is 5.69 Å². The number of carbonyl (C=O) groups excluding carboxylic acids is 3. The molecule has 0 spiro atoms. The van der Waals surface area contributed by atoms with Crippen molar-refractivity contribution in [3.63, 3.8) is 0 Å². The van der Waals surface area contributed by atoms with Crippen molar-refractivity contribution >= 4 is 55.4 Å². The highest BCUT2D eigenvalue weighted by molar-refractivity contribution is 9.10. The van der Waals surface area contributed by atoms with Crippen LogP contribution in [0.15, 0.2) is 51.4 Å². The average Bonchev–Trinajstić information content (AvgIpc) is 2.82. The maximum absolute atomic E-state index is 13.9. The van der Waals surface area contributed by atoms with Gasteiger partial charge in [0.1, 0.15) is 17.9 Å². The van der Waals surface area contributed by atoms with Gasteiger partial charge in [-0.2, -0.15) is 0 Å². The first kappa shape index (κ1) is 19.5. The van der Waals surface area contributed by atoms with Crippen molar-refractivity contribution in [1.29, 1.82) is 0 Å². The first-order valence-electron chi connectivity index (χ1n) is 7.86. The first-order chi connectivity index (χ1) is 12.7. The maximum Gasteiger partial charge on any atom is 0.325 e. The molecule has 2 aromatic carbocycles. The van der Waals surface area contributed by atoms with Crippen LogP contribution < -0.4 is 10.6 Å². The Morgan fingerprint density at radius 2 is 1.93 bits per heavy atom. The highest BCUT2D eigenvalue weighted by Crippen LogP contribution is 2.33. The lowest BCUT2D eigenvalue weighted by Crippen LogP contribution is -2.42. The van der Waals surface area contributed by atoms with Gasteiger partial charge in [-0.3, -0.25) is 14.5 Å². The van der Waals surface area contributed by atoms with E-state index in [1.165, 1.54) is 12.1 Å². The van der Waals surface area contributed by atoms with E-state index in [0.717, 1.165) is 4.90 Å². The van der Waals surface area contributed by atoms with Crippen LogP contribution in [-0.2, 0) is 15.1 Å². The van der Waals surface area contributed by atoms with Gasteiger partial charge in [-0.15, -0.1) is 0 Å². The SMILES string of the molecule is CC1(c2ccccc2Br)NC(=O)N(CC(=O)Nc2ccc(Br)cc2F)C1=O. The number of rotatable bonds is 4. The van der Waals surface area contributed by atoms with Crippen LogP contribution in [0, 0.1) is 5.82 Å². The topological polar surface area (TPSA) is 78.5 Å². The van der Waals surface area contributed by atoms with Crippen molar-refractivity contribution in [3.8, 4) is 0 Å². The normalized spacial score (nSPS) is 19.2. The number of hydrogen-bond acceptors (Lipinski definition) is 3. The fourth-order valence-electron chi connectivity index (χ4n) is 2.81. The monoisotopic (exact) mass is 497 g/mol. The Kier molecular flexibility index (Phi) is 5.34. The van der Waals surface area contributed by atoms with E-state index in [4.69, 9.17) is 0 Å². The second-order valence-corrected chi connectivity index (χ2v) is 7.87. The molecule has 0 radical (unpaired) electrons. The average molecular weight is 499 g/mol. The fraction of sp³-hybridized carbons (Fsp3) is 0.167. The van der Waals surface area contributed by atoms with Crippen molar-refractivity contribution in [2.45, 2.75) is 12.5 Å². The molecule has 2 N–H and O–H groups in total. The Hall–Kier alpha value is -2.26. The van der Waals surface area contributed by atoms with Crippen LogP contribution in [0.4, 0.5) is 14.9 Å². The van der Waals surface area contributed by atoms with E-state index in [1.54, 1.807) is 37.3 Å². The zero-order valence-corrected chi connectivity index (χ0v) is 17.2. The van der Waals surface area contributed by atoms with E-state index in [-0.39, 0.29) is 5.69 Å². The molecule has 4 amide bonds. The first-order valence-corrected chi connectivity index (χ1v) is 9.45. The van der Waals surface area contributed by atoms with Gasteiger partial charge >= 0.3 is 6.03 Å². The van der Waals surface area contributed by atoms with E-state index in [1.807, 2.05) is 0 Å². The molecule has 3 rings (SSSR count). The lowest BCUT2D eigenvalue weighted by atomic mass is 9.92. The molecule has 0 aromatic heterocycles. The summed E-state index contributed by atoms with van der Waals surface area (Å²) in [5.74, 6) is -1.88. The van der Waals surface area contributed by atoms with Gasteiger partial charge in [0, 0.05) is 14.5 Å². The van der Waals surface area contributed by atoms with Crippen LogP contribution in [-0.4, -0.2) is 29.3 Å². The predicted molar refractivity (Wildman–Crippen MR) is 104 cm³/mol. The smallest absolute Gasteiger partial charge is 0.322 e. The number of urea groups is 1. The minimum Gasteiger partial charge on any atom is -0.322 e. The van der Waals surface area contributed by atoms with Crippen LogP contribution >= 0.6 is 31.9 Å². The van der Waals surface area contributed by atoms with E-state index < -0.39 is 35.7 Å². The number of nitrogens with zero attached hydrogens (tertiary/aromatic N) is 1. The second-order valence-electron chi connectivity index (χ2n) is 6.10. The molecule has 1 heterocycles. The third-order valence-corrected chi connectivity index (χ3v) is 5.38. The zero-order chi connectivity index (χ0) is 19.8. The molecule has 1 atom stereocenters. The molecule has 0 aliphatic carbocycles. The summed E-state index contributed by atoms with van der Waals surface area (Å²) in [7, 11) is 0. The molecule has 140 valence electrons. The summed E-state index contributed by atoms with van der Waals surface area (Å²) in [6.45, 7) is 1.04. The van der Waals surface area contributed by atoms with Gasteiger partial charge in [0.15, 0.2) is 0 Å². The summed E-state index contributed by atoms with van der Waals surface area (Å²) in [6.07, 6.45) is 0. The Morgan fingerprint density at radius 1 is 1.22 bits per heavy atom. The number of carbonyl (C=O) groups is 3. The van der Waals surface area contributed by atoms with Gasteiger partial charge < -0.3 is 10.6 Å². The number of benzene rings is 2. The quantitative estimate of drug-likeness (QED) is 0.630. The highest BCUT2D eigenvalue weighted by Gasteiger charge is 2.50. The third kappa shape index (κ3) is 3.74. The van der Waals surface area contributed by atoms with Crippen molar-refractivity contribution in [2.24, 2.45) is 0 Å². The van der Waals surface area contributed by atoms with Gasteiger partial charge in [-0.05, 0) is 31.2 Å². The number of halogens is 3. The molecule has 6 nitrogen and oxygen atoms in total. The lowest BCUT2D eigenvalue weighted by molar-refractivity contribution is -0.133. The van der Waals surface area contributed by atoms with Crippen LogP contribution in [0.1, 0.15) is 12.5 Å². The summed E-state index contributed by atoms with van der Waals surface area (Å²) in [6, 6.07) is 10.5. The summed E-state index contributed by atoms with van der Waals surface area (Å²) in [4.78, 5) is 38.2. The van der Waals surface area contributed by atoms with Crippen LogP contribution in [0.5, 0.6) is 0 Å². The Labute approximate surface area is 171 Å². The molecule has 2 aromatic rings. The second kappa shape index (κ2) is 7.40. The minimum absolute atomic E-state index is 0.0381. The largest absolute Gasteiger partial charge is 0.325 e. The summed E-state index contributed by atoms with van der Waals surface area (Å²) < 4.78 is 15.0. The molecular weight excluding hydrogens is 485 g/mol. The van der Waals surface area contributed by atoms with Crippen molar-refractivity contribution in [2.75, 3.05) is 11.9 Å². The Bertz CT molecular complexity index is 953. The molecule has 1 aliphatic rings. The molecule has 1 fully saturated rings. The van der Waals surface area contributed by atoms with Gasteiger partial charge in [0.2, 0.25) is 5.91 Å². The van der Waals surface area contributed by atoms with Crippen LogP contribution in [0.3, 0.4) is 0 Å². The number of anilines is 1. The van der Waals surface area contributed by atoms with E-state index in [2.05, 4.69) is 42.5 Å². The summed E-state index contributed by atoms with van der Waals surface area (Å²) >= 11 is 6.50. The summed E-state index contributed by atoms with van der Waals surface area (Å²) in [5.41, 5.74) is -0.769. The fourth-order valence-corrected chi connectivity index (χ4v) is 3.83. The standard InChI is InChI=1S/C18H14Br2FN3O3/c1-18(11-4-2-3-5-12(11)20)16(26)24(17(27)23-18)9-15(25)22-14-7-6-10(19)8-13(14)21/h2-8H,9H2,1H3,(H,22,25)(H,23,27). The maximum atomic E-state index is 13.9. The van der Waals surface area contributed by atoms with Crippen LogP contribution in [0.2, 0.25) is 0 Å². The summed E-state index contributed by atoms with van der Waals surface area (Å²) in [5, 5.41) is 4.99. The third-order valence-electron chi connectivity index (χ3n) is 4.19. The molecule has 0 saturated carbocycles. The Balaban J connectivity index is 1.78.